The predicted molar refractivity (Wildman–Crippen MR) is 77.2 cm³/mol. The lowest BCUT2D eigenvalue weighted by atomic mass is 10.0. The van der Waals surface area contributed by atoms with Crippen LogP contribution in [0.4, 0.5) is 0 Å². The second kappa shape index (κ2) is 6.68. The minimum atomic E-state index is 0.153. The van der Waals surface area contributed by atoms with E-state index in [1.807, 2.05) is 29.2 Å². The number of likely N-dealkylation sites (N-methyl/N-ethyl adjacent to an activating group) is 1. The second-order valence-electron chi connectivity index (χ2n) is 4.92. The van der Waals surface area contributed by atoms with E-state index >= 15 is 0 Å². The van der Waals surface area contributed by atoms with Crippen molar-refractivity contribution >= 4 is 5.91 Å². The molecule has 2 N–H and O–H groups in total. The summed E-state index contributed by atoms with van der Waals surface area (Å²) < 4.78 is 0. The molecule has 0 atom stereocenters. The fraction of sp³-hybridized carbons (Fsp3) is 0.533. The first-order valence-corrected chi connectivity index (χ1v) is 7.06. The Balaban J connectivity index is 2.07. The maximum Gasteiger partial charge on any atom is 0.254 e. The molecule has 0 aliphatic carbocycles. The van der Waals surface area contributed by atoms with E-state index in [-0.39, 0.29) is 5.91 Å². The highest BCUT2D eigenvalue weighted by Gasteiger charge is 2.22. The normalized spacial score (nSPS) is 16.6. The van der Waals surface area contributed by atoms with E-state index in [2.05, 4.69) is 11.8 Å². The average molecular weight is 261 g/mol. The van der Waals surface area contributed by atoms with Crippen molar-refractivity contribution in [1.82, 2.24) is 9.80 Å². The number of piperazine rings is 1. The van der Waals surface area contributed by atoms with Gasteiger partial charge in [-0.1, -0.05) is 25.1 Å². The highest BCUT2D eigenvalue weighted by Crippen LogP contribution is 2.14. The zero-order valence-electron chi connectivity index (χ0n) is 11.6. The highest BCUT2D eigenvalue weighted by atomic mass is 16.2. The van der Waals surface area contributed by atoms with Crippen LogP contribution in [0.5, 0.6) is 0 Å². The van der Waals surface area contributed by atoms with Gasteiger partial charge in [0, 0.05) is 31.7 Å². The van der Waals surface area contributed by atoms with Crippen molar-refractivity contribution in [2.24, 2.45) is 5.73 Å². The molecule has 4 nitrogen and oxygen atoms in total. The van der Waals surface area contributed by atoms with E-state index in [4.69, 9.17) is 5.73 Å². The molecule has 4 heteroatoms. The summed E-state index contributed by atoms with van der Waals surface area (Å²) >= 11 is 0. The maximum atomic E-state index is 12.6. The predicted octanol–water partition coefficient (Wildman–Crippen LogP) is 0.966. The minimum Gasteiger partial charge on any atom is -0.336 e. The van der Waals surface area contributed by atoms with Crippen LogP contribution in [0.2, 0.25) is 0 Å². The monoisotopic (exact) mass is 261 g/mol. The van der Waals surface area contributed by atoms with Crippen LogP contribution in [0.1, 0.15) is 22.8 Å². The fourth-order valence-corrected chi connectivity index (χ4v) is 2.54. The molecule has 0 bridgehead atoms. The Hall–Kier alpha value is -1.39. The molecule has 1 aliphatic heterocycles. The molecule has 1 fully saturated rings. The highest BCUT2D eigenvalue weighted by molar-refractivity contribution is 5.95. The third-order valence-corrected chi connectivity index (χ3v) is 3.77. The van der Waals surface area contributed by atoms with Gasteiger partial charge in [-0.05, 0) is 31.1 Å². The number of hydrogen-bond donors (Lipinski definition) is 1. The van der Waals surface area contributed by atoms with Crippen molar-refractivity contribution in [3.63, 3.8) is 0 Å². The molecule has 2 rings (SSSR count). The molecule has 1 aliphatic rings. The van der Waals surface area contributed by atoms with Crippen LogP contribution < -0.4 is 5.73 Å². The molecule has 1 amide bonds. The van der Waals surface area contributed by atoms with Gasteiger partial charge in [0.05, 0.1) is 0 Å². The van der Waals surface area contributed by atoms with Gasteiger partial charge in [0.1, 0.15) is 0 Å². The van der Waals surface area contributed by atoms with Gasteiger partial charge in [-0.15, -0.1) is 0 Å². The van der Waals surface area contributed by atoms with Gasteiger partial charge in [-0.3, -0.25) is 4.79 Å². The summed E-state index contributed by atoms with van der Waals surface area (Å²) in [4.78, 5) is 16.9. The number of rotatable bonds is 4. The number of amides is 1. The summed E-state index contributed by atoms with van der Waals surface area (Å²) in [6, 6.07) is 7.81. The van der Waals surface area contributed by atoms with Crippen LogP contribution in [-0.4, -0.2) is 55.0 Å². The number of nitrogens with zero attached hydrogens (tertiary/aromatic N) is 2. The minimum absolute atomic E-state index is 0.153. The molecule has 104 valence electrons. The molecular weight excluding hydrogens is 238 g/mol. The first-order chi connectivity index (χ1) is 9.26. The van der Waals surface area contributed by atoms with Crippen LogP contribution >= 0.6 is 0 Å². The van der Waals surface area contributed by atoms with Crippen LogP contribution in [0.25, 0.3) is 0 Å². The van der Waals surface area contributed by atoms with Crippen molar-refractivity contribution in [3.8, 4) is 0 Å². The smallest absolute Gasteiger partial charge is 0.254 e. The molecule has 0 spiro atoms. The second-order valence-corrected chi connectivity index (χ2v) is 4.92. The number of carbonyl (C=O) groups is 1. The maximum absolute atomic E-state index is 12.6. The third-order valence-electron chi connectivity index (χ3n) is 3.77. The summed E-state index contributed by atoms with van der Waals surface area (Å²) in [5.41, 5.74) is 7.49. The van der Waals surface area contributed by atoms with Crippen molar-refractivity contribution < 1.29 is 4.79 Å². The number of carbonyl (C=O) groups excluding carboxylic acids is 1. The molecule has 0 saturated carbocycles. The van der Waals surface area contributed by atoms with E-state index in [1.165, 1.54) is 0 Å². The molecule has 1 aromatic carbocycles. The Kier molecular flexibility index (Phi) is 4.93. The average Bonchev–Trinajstić information content (AvgIpc) is 2.47. The van der Waals surface area contributed by atoms with Gasteiger partial charge < -0.3 is 15.5 Å². The summed E-state index contributed by atoms with van der Waals surface area (Å²) in [7, 11) is 0. The number of hydrogen-bond acceptors (Lipinski definition) is 3. The molecule has 0 aromatic heterocycles. The van der Waals surface area contributed by atoms with Gasteiger partial charge in [0.25, 0.3) is 5.91 Å². The van der Waals surface area contributed by atoms with E-state index in [0.717, 1.165) is 50.3 Å². The van der Waals surface area contributed by atoms with Crippen LogP contribution in [-0.2, 0) is 6.42 Å². The van der Waals surface area contributed by atoms with Crippen molar-refractivity contribution in [2.45, 2.75) is 13.3 Å². The van der Waals surface area contributed by atoms with Gasteiger partial charge >= 0.3 is 0 Å². The molecule has 1 saturated heterocycles. The van der Waals surface area contributed by atoms with Crippen LogP contribution in [0.3, 0.4) is 0 Å². The summed E-state index contributed by atoms with van der Waals surface area (Å²) in [5.74, 6) is 0.153. The molecule has 0 unspecified atom stereocenters. The lowest BCUT2D eigenvalue weighted by Gasteiger charge is -2.34. The zero-order valence-corrected chi connectivity index (χ0v) is 11.6. The third kappa shape index (κ3) is 3.33. The standard InChI is InChI=1S/C15H23N3O/c1-2-17-9-11-18(12-10-17)15(19)14-6-4-3-5-13(14)7-8-16/h3-6H,2,7-12,16H2,1H3. The SMILES string of the molecule is CCN1CCN(C(=O)c2ccccc2CCN)CC1. The Bertz CT molecular complexity index is 425. The number of nitrogens with two attached hydrogens (primary N) is 1. The van der Waals surface area contributed by atoms with Crippen LogP contribution in [0, 0.1) is 0 Å². The first-order valence-electron chi connectivity index (χ1n) is 7.06. The fourth-order valence-electron chi connectivity index (χ4n) is 2.54. The Morgan fingerprint density at radius 2 is 1.89 bits per heavy atom. The molecular formula is C15H23N3O. The van der Waals surface area contributed by atoms with Gasteiger partial charge in [-0.2, -0.15) is 0 Å². The Morgan fingerprint density at radius 1 is 1.21 bits per heavy atom. The summed E-state index contributed by atoms with van der Waals surface area (Å²) in [5, 5.41) is 0. The van der Waals surface area contributed by atoms with Crippen molar-refractivity contribution in [3.05, 3.63) is 35.4 Å². The quantitative estimate of drug-likeness (QED) is 0.878. The van der Waals surface area contributed by atoms with Gasteiger partial charge in [0.2, 0.25) is 0 Å². The molecule has 1 aromatic rings. The zero-order chi connectivity index (χ0) is 13.7. The van der Waals surface area contributed by atoms with E-state index in [9.17, 15) is 4.79 Å². The molecule has 1 heterocycles. The largest absolute Gasteiger partial charge is 0.336 e. The number of benzene rings is 1. The first kappa shape index (κ1) is 14.0. The van der Waals surface area contributed by atoms with Crippen LogP contribution in [0.15, 0.2) is 24.3 Å². The summed E-state index contributed by atoms with van der Waals surface area (Å²) in [6.45, 7) is 7.39. The van der Waals surface area contributed by atoms with E-state index < -0.39 is 0 Å². The van der Waals surface area contributed by atoms with Gasteiger partial charge in [0.15, 0.2) is 0 Å². The Morgan fingerprint density at radius 3 is 2.53 bits per heavy atom. The topological polar surface area (TPSA) is 49.6 Å². The van der Waals surface area contributed by atoms with Crippen molar-refractivity contribution in [2.75, 3.05) is 39.3 Å². The van der Waals surface area contributed by atoms with E-state index in [0.29, 0.717) is 6.54 Å². The lowest BCUT2D eigenvalue weighted by Crippen LogP contribution is -2.48. The van der Waals surface area contributed by atoms with Gasteiger partial charge in [-0.25, -0.2) is 0 Å². The molecule has 0 radical (unpaired) electrons. The van der Waals surface area contributed by atoms with Crippen molar-refractivity contribution in [1.29, 1.82) is 0 Å². The Labute approximate surface area is 115 Å². The van der Waals surface area contributed by atoms with E-state index in [1.54, 1.807) is 0 Å². The molecule has 19 heavy (non-hydrogen) atoms. The summed E-state index contributed by atoms with van der Waals surface area (Å²) in [6.07, 6.45) is 0.761. The lowest BCUT2D eigenvalue weighted by molar-refractivity contribution is 0.0642.